The maximum absolute atomic E-state index is 2.40. The normalized spacial score (nSPS) is 11.7. The smallest absolute Gasteiger partial charge is 0.0468 e. The molecule has 0 N–H and O–H groups in total. The molecule has 1 nitrogen and oxygen atoms in total. The SMILES string of the molecule is c1ccc(-c2cccc(N(c3ccc(-c4ccc5c(ccc6ccc7ccccc7c65)c4)cc3)c3ccc4sc5cc6ccccc6cc5c4c3)c2)cc1. The number of fused-ring (bicyclic) bond motifs is 9. The summed E-state index contributed by atoms with van der Waals surface area (Å²) in [6.45, 7) is 0. The molecule has 0 fully saturated rings. The average molecular weight is 704 g/mol. The second-order valence-electron chi connectivity index (χ2n) is 14.2. The highest BCUT2D eigenvalue weighted by Gasteiger charge is 2.17. The van der Waals surface area contributed by atoms with Crippen LogP contribution in [0.5, 0.6) is 0 Å². The quantitative estimate of drug-likeness (QED) is 0.161. The number of rotatable bonds is 5. The van der Waals surface area contributed by atoms with Crippen molar-refractivity contribution in [2.45, 2.75) is 0 Å². The first-order valence-corrected chi connectivity index (χ1v) is 19.3. The lowest BCUT2D eigenvalue weighted by molar-refractivity contribution is 1.29. The minimum atomic E-state index is 1.12. The molecule has 54 heavy (non-hydrogen) atoms. The van der Waals surface area contributed by atoms with Gasteiger partial charge in [-0.15, -0.1) is 11.3 Å². The number of hydrogen-bond donors (Lipinski definition) is 0. The molecule has 0 unspecified atom stereocenters. The summed E-state index contributed by atoms with van der Waals surface area (Å²) < 4.78 is 2.62. The number of nitrogens with zero attached hydrogens (tertiary/aromatic N) is 1. The predicted octanol–water partition coefficient (Wildman–Crippen LogP) is 15.5. The fourth-order valence-electron chi connectivity index (χ4n) is 8.31. The molecule has 2 heteroatoms. The third-order valence-corrected chi connectivity index (χ3v) is 12.1. The summed E-state index contributed by atoms with van der Waals surface area (Å²) in [7, 11) is 0. The Hall–Kier alpha value is -6.74. The van der Waals surface area contributed by atoms with Crippen LogP contribution in [-0.4, -0.2) is 0 Å². The van der Waals surface area contributed by atoms with Gasteiger partial charge in [-0.1, -0.05) is 140 Å². The van der Waals surface area contributed by atoms with Gasteiger partial charge in [-0.3, -0.25) is 0 Å². The fourth-order valence-corrected chi connectivity index (χ4v) is 9.43. The molecule has 10 aromatic carbocycles. The minimum Gasteiger partial charge on any atom is -0.310 e. The maximum Gasteiger partial charge on any atom is 0.0468 e. The van der Waals surface area contributed by atoms with Gasteiger partial charge in [-0.2, -0.15) is 0 Å². The molecular weight excluding hydrogens is 671 g/mol. The van der Waals surface area contributed by atoms with Crippen LogP contribution >= 0.6 is 11.3 Å². The summed E-state index contributed by atoms with van der Waals surface area (Å²) >= 11 is 1.87. The zero-order valence-corrected chi connectivity index (χ0v) is 30.2. The van der Waals surface area contributed by atoms with Gasteiger partial charge < -0.3 is 4.90 Å². The largest absolute Gasteiger partial charge is 0.310 e. The van der Waals surface area contributed by atoms with E-state index in [2.05, 4.69) is 205 Å². The van der Waals surface area contributed by atoms with E-state index in [1.54, 1.807) is 0 Å². The van der Waals surface area contributed by atoms with E-state index in [0.717, 1.165) is 17.1 Å². The molecule has 0 saturated heterocycles. The second kappa shape index (κ2) is 12.4. The van der Waals surface area contributed by atoms with Crippen molar-refractivity contribution in [1.29, 1.82) is 0 Å². The number of anilines is 3. The Morgan fingerprint density at radius 3 is 1.72 bits per heavy atom. The molecule has 0 radical (unpaired) electrons. The van der Waals surface area contributed by atoms with Crippen molar-refractivity contribution in [1.82, 2.24) is 0 Å². The molecular formula is C52H33NS. The van der Waals surface area contributed by atoms with Crippen molar-refractivity contribution in [3.05, 3.63) is 200 Å². The first-order valence-electron chi connectivity index (χ1n) is 18.5. The molecule has 1 heterocycles. The third-order valence-electron chi connectivity index (χ3n) is 11.0. The van der Waals surface area contributed by atoms with Gasteiger partial charge in [0.15, 0.2) is 0 Å². The first kappa shape index (κ1) is 30.8. The van der Waals surface area contributed by atoms with Gasteiger partial charge in [-0.05, 0) is 126 Å². The van der Waals surface area contributed by atoms with Crippen LogP contribution in [0.2, 0.25) is 0 Å². The standard InChI is InChI=1S/C52H33NS/c1-2-9-34(10-3-1)38-14-8-15-44(30-38)53(45-26-28-50-49(33-45)48-31-39-12-4-5-13-40(39)32-51(48)54-50)43-24-21-35(22-25-43)41-23-27-47-42(29-41)20-19-37-18-17-36-11-6-7-16-46(36)52(37)47/h1-33H. The predicted molar refractivity (Wildman–Crippen MR) is 235 cm³/mol. The lowest BCUT2D eigenvalue weighted by atomic mass is 9.94. The van der Waals surface area contributed by atoms with Crippen LogP contribution < -0.4 is 4.90 Å². The Morgan fingerprint density at radius 2 is 0.870 bits per heavy atom. The second-order valence-corrected chi connectivity index (χ2v) is 15.2. The van der Waals surface area contributed by atoms with Crippen LogP contribution in [0.3, 0.4) is 0 Å². The Bertz CT molecular complexity index is 3210. The molecule has 11 rings (SSSR count). The van der Waals surface area contributed by atoms with Gasteiger partial charge >= 0.3 is 0 Å². The Morgan fingerprint density at radius 1 is 0.278 bits per heavy atom. The maximum atomic E-state index is 2.40. The van der Waals surface area contributed by atoms with Crippen molar-refractivity contribution in [2.24, 2.45) is 0 Å². The lowest BCUT2D eigenvalue weighted by Gasteiger charge is -2.26. The van der Waals surface area contributed by atoms with E-state index in [9.17, 15) is 0 Å². The molecule has 11 aromatic rings. The zero-order chi connectivity index (χ0) is 35.6. The Balaban J connectivity index is 1.04. The topological polar surface area (TPSA) is 3.24 Å². The highest BCUT2D eigenvalue weighted by Crippen LogP contribution is 2.43. The van der Waals surface area contributed by atoms with Crippen molar-refractivity contribution >= 4 is 91.7 Å². The number of hydrogen-bond acceptors (Lipinski definition) is 2. The van der Waals surface area contributed by atoms with Crippen molar-refractivity contribution < 1.29 is 0 Å². The molecule has 0 aliphatic carbocycles. The highest BCUT2D eigenvalue weighted by atomic mass is 32.1. The van der Waals surface area contributed by atoms with Gasteiger partial charge in [0.1, 0.15) is 0 Å². The fraction of sp³-hybridized carbons (Fsp3) is 0. The van der Waals surface area contributed by atoms with Crippen LogP contribution in [0.1, 0.15) is 0 Å². The molecule has 252 valence electrons. The number of thiophene rings is 1. The van der Waals surface area contributed by atoms with Crippen LogP contribution in [0.15, 0.2) is 200 Å². The van der Waals surface area contributed by atoms with Gasteiger partial charge in [0.25, 0.3) is 0 Å². The summed E-state index contributed by atoms with van der Waals surface area (Å²) in [5, 5.41) is 12.9. The first-order chi connectivity index (χ1) is 26.7. The molecule has 0 aliphatic heterocycles. The zero-order valence-electron chi connectivity index (χ0n) is 29.4. The summed E-state index contributed by atoms with van der Waals surface area (Å²) in [6.07, 6.45) is 0. The molecule has 0 bridgehead atoms. The number of benzene rings is 10. The van der Waals surface area contributed by atoms with Crippen molar-refractivity contribution in [2.75, 3.05) is 4.90 Å². The average Bonchev–Trinajstić information content (AvgIpc) is 3.59. The van der Waals surface area contributed by atoms with Gasteiger partial charge in [-0.25, -0.2) is 0 Å². The summed E-state index contributed by atoms with van der Waals surface area (Å²) in [5.41, 5.74) is 8.19. The highest BCUT2D eigenvalue weighted by molar-refractivity contribution is 7.25. The van der Waals surface area contributed by atoms with Crippen LogP contribution in [-0.2, 0) is 0 Å². The molecule has 0 atom stereocenters. The van der Waals surface area contributed by atoms with Crippen LogP contribution in [0.25, 0.3) is 85.5 Å². The van der Waals surface area contributed by atoms with E-state index in [4.69, 9.17) is 0 Å². The lowest BCUT2D eigenvalue weighted by Crippen LogP contribution is -2.10. The van der Waals surface area contributed by atoms with Crippen LogP contribution in [0, 0.1) is 0 Å². The van der Waals surface area contributed by atoms with E-state index >= 15 is 0 Å². The minimum absolute atomic E-state index is 1.12. The van der Waals surface area contributed by atoms with Gasteiger partial charge in [0.05, 0.1) is 0 Å². The van der Waals surface area contributed by atoms with E-state index in [1.165, 1.54) is 85.5 Å². The van der Waals surface area contributed by atoms with Gasteiger partial charge in [0.2, 0.25) is 0 Å². The molecule has 0 saturated carbocycles. The van der Waals surface area contributed by atoms with Crippen molar-refractivity contribution in [3.63, 3.8) is 0 Å². The molecule has 1 aromatic heterocycles. The monoisotopic (exact) mass is 703 g/mol. The molecule has 0 spiro atoms. The van der Waals surface area contributed by atoms with E-state index in [1.807, 2.05) is 11.3 Å². The van der Waals surface area contributed by atoms with E-state index in [-0.39, 0.29) is 0 Å². The Labute approximate surface area is 317 Å². The van der Waals surface area contributed by atoms with Gasteiger partial charge in [0, 0.05) is 37.2 Å². The summed E-state index contributed by atoms with van der Waals surface area (Å²) in [6, 6.07) is 73.6. The third kappa shape index (κ3) is 5.15. The Kier molecular flexibility index (Phi) is 7.11. The van der Waals surface area contributed by atoms with Crippen LogP contribution in [0.4, 0.5) is 17.1 Å². The molecule has 0 amide bonds. The van der Waals surface area contributed by atoms with Crippen molar-refractivity contribution in [3.8, 4) is 22.3 Å². The summed E-state index contributed by atoms with van der Waals surface area (Å²) in [5.74, 6) is 0. The van der Waals surface area contributed by atoms with E-state index < -0.39 is 0 Å². The molecule has 0 aliphatic rings. The van der Waals surface area contributed by atoms with E-state index in [0.29, 0.717) is 0 Å². The summed E-state index contributed by atoms with van der Waals surface area (Å²) in [4.78, 5) is 2.40.